The second-order valence-electron chi connectivity index (χ2n) is 5.17. The molecule has 1 fully saturated rings. The van der Waals surface area contributed by atoms with E-state index in [9.17, 15) is 14.3 Å². The first-order valence-electron chi connectivity index (χ1n) is 6.12. The maximum Gasteiger partial charge on any atom is 0.304 e. The van der Waals surface area contributed by atoms with Crippen molar-refractivity contribution in [3.63, 3.8) is 0 Å². The van der Waals surface area contributed by atoms with Crippen molar-refractivity contribution in [1.29, 1.82) is 0 Å². The van der Waals surface area contributed by atoms with E-state index < -0.39 is 17.2 Å². The minimum Gasteiger partial charge on any atom is -0.504 e. The first-order chi connectivity index (χ1) is 8.84. The number of phenols is 1. The summed E-state index contributed by atoms with van der Waals surface area (Å²) in [5.41, 5.74) is 0.290. The molecule has 0 radical (unpaired) electrons. The van der Waals surface area contributed by atoms with Gasteiger partial charge in [0.15, 0.2) is 11.5 Å². The van der Waals surface area contributed by atoms with Gasteiger partial charge in [-0.25, -0.2) is 4.39 Å². The summed E-state index contributed by atoms with van der Waals surface area (Å²) in [4.78, 5) is 11.0. The van der Waals surface area contributed by atoms with Gasteiger partial charge >= 0.3 is 5.97 Å². The number of hydrogen-bond acceptors (Lipinski definition) is 3. The third kappa shape index (κ3) is 2.03. The van der Waals surface area contributed by atoms with Gasteiger partial charge < -0.3 is 14.9 Å². The van der Waals surface area contributed by atoms with Gasteiger partial charge in [0.2, 0.25) is 0 Å². The number of rotatable bonds is 4. The van der Waals surface area contributed by atoms with Crippen molar-refractivity contribution in [2.24, 2.45) is 0 Å². The molecule has 1 aliphatic carbocycles. The summed E-state index contributed by atoms with van der Waals surface area (Å²) >= 11 is 0. The standard InChI is InChI=1S/C14H17FO4/c1-7-10(14(4-5-14)6-9(16)17)12(18)13(19-3)8(2)11(7)15/h18H,4-6H2,1-3H3,(H,16,17). The van der Waals surface area contributed by atoms with Crippen LogP contribution in [-0.2, 0) is 10.2 Å². The summed E-state index contributed by atoms with van der Waals surface area (Å²) in [6, 6.07) is 0. The molecule has 0 aliphatic heterocycles. The highest BCUT2D eigenvalue weighted by Gasteiger charge is 2.49. The molecule has 0 saturated heterocycles. The fraction of sp³-hybridized carbons (Fsp3) is 0.500. The van der Waals surface area contributed by atoms with Crippen LogP contribution in [0.3, 0.4) is 0 Å². The lowest BCUT2D eigenvalue weighted by Crippen LogP contribution is -2.16. The van der Waals surface area contributed by atoms with Crippen molar-refractivity contribution in [1.82, 2.24) is 0 Å². The molecular formula is C14H17FO4. The zero-order valence-electron chi connectivity index (χ0n) is 11.2. The van der Waals surface area contributed by atoms with Crippen LogP contribution in [0.4, 0.5) is 4.39 Å². The Hall–Kier alpha value is -1.78. The van der Waals surface area contributed by atoms with Gasteiger partial charge in [-0.2, -0.15) is 0 Å². The summed E-state index contributed by atoms with van der Waals surface area (Å²) < 4.78 is 19.2. The van der Waals surface area contributed by atoms with Crippen molar-refractivity contribution in [3.05, 3.63) is 22.5 Å². The number of carboxylic acid groups (broad SMARTS) is 1. The Labute approximate surface area is 110 Å². The first kappa shape index (κ1) is 13.6. The summed E-state index contributed by atoms with van der Waals surface area (Å²) in [6.45, 7) is 3.10. The van der Waals surface area contributed by atoms with Crippen LogP contribution in [0.2, 0.25) is 0 Å². The minimum absolute atomic E-state index is 0.0924. The van der Waals surface area contributed by atoms with Crippen molar-refractivity contribution in [2.45, 2.75) is 38.5 Å². The van der Waals surface area contributed by atoms with Crippen molar-refractivity contribution < 1.29 is 24.1 Å². The fourth-order valence-corrected chi connectivity index (χ4v) is 2.81. The largest absolute Gasteiger partial charge is 0.504 e. The number of ether oxygens (including phenoxy) is 1. The highest BCUT2D eigenvalue weighted by molar-refractivity contribution is 5.72. The van der Waals surface area contributed by atoms with Crippen LogP contribution in [0.15, 0.2) is 0 Å². The van der Waals surface area contributed by atoms with E-state index in [1.807, 2.05) is 0 Å². The molecule has 0 amide bonds. The Morgan fingerprint density at radius 3 is 2.37 bits per heavy atom. The lowest BCUT2D eigenvalue weighted by atomic mass is 9.86. The van der Waals surface area contributed by atoms with Crippen LogP contribution in [0, 0.1) is 19.7 Å². The van der Waals surface area contributed by atoms with Gasteiger partial charge in [-0.3, -0.25) is 4.79 Å². The monoisotopic (exact) mass is 268 g/mol. The second kappa shape index (κ2) is 4.40. The van der Waals surface area contributed by atoms with E-state index in [4.69, 9.17) is 9.84 Å². The Morgan fingerprint density at radius 2 is 1.95 bits per heavy atom. The fourth-order valence-electron chi connectivity index (χ4n) is 2.81. The van der Waals surface area contributed by atoms with Crippen molar-refractivity contribution in [3.8, 4) is 11.5 Å². The van der Waals surface area contributed by atoms with E-state index in [2.05, 4.69) is 0 Å². The Kier molecular flexibility index (Phi) is 3.16. The zero-order valence-corrected chi connectivity index (χ0v) is 11.2. The van der Waals surface area contributed by atoms with Crippen LogP contribution < -0.4 is 4.74 Å². The number of carbonyl (C=O) groups is 1. The second-order valence-corrected chi connectivity index (χ2v) is 5.17. The minimum atomic E-state index is -0.948. The Balaban J connectivity index is 2.64. The number of phenolic OH excluding ortho intramolecular Hbond substituents is 1. The van der Waals surface area contributed by atoms with E-state index in [0.29, 0.717) is 24.0 Å². The third-order valence-electron chi connectivity index (χ3n) is 3.90. The van der Waals surface area contributed by atoms with Gasteiger partial charge in [-0.05, 0) is 32.3 Å². The maximum atomic E-state index is 14.2. The van der Waals surface area contributed by atoms with Crippen LogP contribution in [0.25, 0.3) is 0 Å². The quantitative estimate of drug-likeness (QED) is 0.881. The molecule has 0 aromatic heterocycles. The number of methoxy groups -OCH3 is 1. The Bertz CT molecular complexity index is 547. The highest BCUT2D eigenvalue weighted by atomic mass is 19.1. The molecule has 0 bridgehead atoms. The lowest BCUT2D eigenvalue weighted by Gasteiger charge is -2.21. The summed E-state index contributed by atoms with van der Waals surface area (Å²) in [5.74, 6) is -1.43. The average Bonchev–Trinajstić information content (AvgIpc) is 3.06. The first-order valence-corrected chi connectivity index (χ1v) is 6.12. The van der Waals surface area contributed by atoms with Crippen LogP contribution >= 0.6 is 0 Å². The molecule has 1 aromatic carbocycles. The van der Waals surface area contributed by atoms with E-state index in [0.717, 1.165) is 0 Å². The smallest absolute Gasteiger partial charge is 0.304 e. The summed E-state index contributed by atoms with van der Waals surface area (Å²) in [5, 5.41) is 19.3. The highest BCUT2D eigenvalue weighted by Crippen LogP contribution is 2.57. The SMILES string of the molecule is COc1c(C)c(F)c(C)c(C2(CC(=O)O)CC2)c1O. The molecule has 2 N–H and O–H groups in total. The molecule has 19 heavy (non-hydrogen) atoms. The van der Waals surface area contributed by atoms with E-state index in [-0.39, 0.29) is 23.5 Å². The molecule has 4 nitrogen and oxygen atoms in total. The predicted molar refractivity (Wildman–Crippen MR) is 67.3 cm³/mol. The number of carboxylic acids is 1. The van der Waals surface area contributed by atoms with Gasteiger partial charge in [0.25, 0.3) is 0 Å². The topological polar surface area (TPSA) is 66.8 Å². The lowest BCUT2D eigenvalue weighted by molar-refractivity contribution is -0.137. The Morgan fingerprint density at radius 1 is 1.37 bits per heavy atom. The maximum absolute atomic E-state index is 14.2. The van der Waals surface area contributed by atoms with Crippen molar-refractivity contribution in [2.75, 3.05) is 7.11 Å². The number of benzene rings is 1. The number of halogens is 1. The molecule has 1 saturated carbocycles. The van der Waals surface area contributed by atoms with E-state index >= 15 is 0 Å². The predicted octanol–water partition coefficient (Wildman–Crippen LogP) is 2.66. The summed E-state index contributed by atoms with van der Waals surface area (Å²) in [6.07, 6.45) is 1.17. The van der Waals surface area contributed by atoms with Gasteiger partial charge in [0, 0.05) is 16.5 Å². The van der Waals surface area contributed by atoms with Gasteiger partial charge in [-0.15, -0.1) is 0 Å². The molecule has 2 rings (SSSR count). The zero-order chi connectivity index (χ0) is 14.4. The molecule has 0 spiro atoms. The normalized spacial score (nSPS) is 16.2. The third-order valence-corrected chi connectivity index (χ3v) is 3.90. The van der Waals surface area contributed by atoms with Gasteiger partial charge in [0.05, 0.1) is 13.5 Å². The van der Waals surface area contributed by atoms with Gasteiger partial charge in [0.1, 0.15) is 5.82 Å². The molecule has 104 valence electrons. The number of aromatic hydroxyl groups is 1. The molecule has 0 heterocycles. The molecule has 1 aliphatic rings. The number of aliphatic carboxylic acids is 1. The van der Waals surface area contributed by atoms with E-state index in [1.54, 1.807) is 6.92 Å². The average molecular weight is 268 g/mol. The van der Waals surface area contributed by atoms with Crippen LogP contribution in [0.5, 0.6) is 11.5 Å². The molecule has 1 aromatic rings. The van der Waals surface area contributed by atoms with Crippen molar-refractivity contribution >= 4 is 5.97 Å². The van der Waals surface area contributed by atoms with Gasteiger partial charge in [-0.1, -0.05) is 0 Å². The van der Waals surface area contributed by atoms with Crippen LogP contribution in [0.1, 0.15) is 36.0 Å². The van der Waals surface area contributed by atoms with E-state index in [1.165, 1.54) is 14.0 Å². The molecule has 0 atom stereocenters. The van der Waals surface area contributed by atoms with Crippen LogP contribution in [-0.4, -0.2) is 23.3 Å². The molecule has 0 unspecified atom stereocenters. The summed E-state index contributed by atoms with van der Waals surface area (Å²) in [7, 11) is 1.36. The molecule has 5 heteroatoms. The number of hydrogen-bond donors (Lipinski definition) is 2. The molecular weight excluding hydrogens is 251 g/mol.